The monoisotopic (exact) mass is 290 g/mol. The summed E-state index contributed by atoms with van der Waals surface area (Å²) in [7, 11) is 0. The maximum absolute atomic E-state index is 12.4. The molecule has 2 rings (SSSR count). The van der Waals surface area contributed by atoms with Gasteiger partial charge in [0.25, 0.3) is 5.91 Å². The van der Waals surface area contributed by atoms with Crippen molar-refractivity contribution < 1.29 is 4.79 Å². The fourth-order valence-corrected chi connectivity index (χ4v) is 2.57. The van der Waals surface area contributed by atoms with Crippen LogP contribution in [0.15, 0.2) is 30.0 Å². The summed E-state index contributed by atoms with van der Waals surface area (Å²) < 4.78 is 0. The Kier molecular flexibility index (Phi) is 4.34. The summed E-state index contributed by atoms with van der Waals surface area (Å²) in [4.78, 5) is 20.7. The minimum atomic E-state index is -0.509. The summed E-state index contributed by atoms with van der Waals surface area (Å²) in [5, 5.41) is 8.94. The normalized spacial score (nSPS) is 11.2. The topological polar surface area (TPSA) is 66.9 Å². The average Bonchev–Trinajstić information content (AvgIpc) is 2.94. The maximum Gasteiger partial charge on any atom is 0.255 e. The Labute approximate surface area is 122 Å². The molecule has 2 aromatic rings. The molecule has 0 radical (unpaired) electrons. The predicted molar refractivity (Wildman–Crippen MR) is 81.0 cm³/mol. The lowest BCUT2D eigenvalue weighted by atomic mass is 10.1. The van der Waals surface area contributed by atoms with Crippen LogP contribution in [0, 0.1) is 0 Å². The lowest BCUT2D eigenvalue weighted by molar-refractivity contribution is 0.0912. The molecule has 6 heteroatoms. The Hall–Kier alpha value is -1.95. The van der Waals surface area contributed by atoms with Crippen molar-refractivity contribution >= 4 is 22.9 Å². The fourth-order valence-electron chi connectivity index (χ4n) is 1.86. The standard InChI is InChI=1S/C14H18N4OS/c1-4-16-11-5-6-15-9-10(11)12(19)18-14(2,3)13-17-7-8-20-13/h5-9H,4H2,1-3H3,(H,15,16)(H,18,19). The number of carbonyl (C=O) groups is 1. The van der Waals surface area contributed by atoms with E-state index in [2.05, 4.69) is 20.6 Å². The van der Waals surface area contributed by atoms with E-state index in [0.29, 0.717) is 5.56 Å². The number of thiazole rings is 1. The Balaban J connectivity index is 2.20. The minimum Gasteiger partial charge on any atom is -0.385 e. The summed E-state index contributed by atoms with van der Waals surface area (Å²) in [5.41, 5.74) is 0.818. The second kappa shape index (κ2) is 6.00. The van der Waals surface area contributed by atoms with Gasteiger partial charge in [-0.2, -0.15) is 0 Å². The zero-order valence-corrected chi connectivity index (χ0v) is 12.6. The molecule has 5 nitrogen and oxygen atoms in total. The molecule has 0 aromatic carbocycles. The number of pyridine rings is 1. The average molecular weight is 290 g/mol. The van der Waals surface area contributed by atoms with Gasteiger partial charge >= 0.3 is 0 Å². The highest BCUT2D eigenvalue weighted by Crippen LogP contribution is 2.23. The van der Waals surface area contributed by atoms with Gasteiger partial charge < -0.3 is 10.6 Å². The van der Waals surface area contributed by atoms with Crippen LogP contribution in [0.2, 0.25) is 0 Å². The van der Waals surface area contributed by atoms with E-state index in [0.717, 1.165) is 17.2 Å². The Morgan fingerprint density at radius 3 is 2.85 bits per heavy atom. The Morgan fingerprint density at radius 2 is 2.20 bits per heavy atom. The highest BCUT2D eigenvalue weighted by Gasteiger charge is 2.26. The number of aromatic nitrogens is 2. The summed E-state index contributed by atoms with van der Waals surface area (Å²) in [6.45, 7) is 6.61. The SMILES string of the molecule is CCNc1ccncc1C(=O)NC(C)(C)c1nccs1. The van der Waals surface area contributed by atoms with Gasteiger partial charge in [0.2, 0.25) is 0 Å². The second-order valence-corrected chi connectivity index (χ2v) is 5.76. The molecular weight excluding hydrogens is 272 g/mol. The van der Waals surface area contributed by atoms with Crippen molar-refractivity contribution in [2.24, 2.45) is 0 Å². The molecule has 0 aliphatic carbocycles. The second-order valence-electron chi connectivity index (χ2n) is 4.87. The van der Waals surface area contributed by atoms with E-state index in [4.69, 9.17) is 0 Å². The largest absolute Gasteiger partial charge is 0.385 e. The molecule has 2 aromatic heterocycles. The predicted octanol–water partition coefficient (Wildman–Crippen LogP) is 2.64. The van der Waals surface area contributed by atoms with Crippen molar-refractivity contribution in [3.8, 4) is 0 Å². The van der Waals surface area contributed by atoms with Gasteiger partial charge in [-0.3, -0.25) is 9.78 Å². The number of carbonyl (C=O) groups excluding carboxylic acids is 1. The van der Waals surface area contributed by atoms with Gasteiger partial charge in [0, 0.05) is 30.5 Å². The lowest BCUT2D eigenvalue weighted by Crippen LogP contribution is -2.41. The molecule has 0 aliphatic heterocycles. The number of anilines is 1. The van der Waals surface area contributed by atoms with Crippen molar-refractivity contribution in [2.45, 2.75) is 26.3 Å². The van der Waals surface area contributed by atoms with Crippen molar-refractivity contribution in [1.29, 1.82) is 0 Å². The van der Waals surface area contributed by atoms with Crippen molar-refractivity contribution in [3.05, 3.63) is 40.6 Å². The molecule has 0 aliphatic rings. The van der Waals surface area contributed by atoms with Gasteiger partial charge in [0.1, 0.15) is 5.01 Å². The highest BCUT2D eigenvalue weighted by molar-refractivity contribution is 7.09. The molecule has 106 valence electrons. The van der Waals surface area contributed by atoms with Gasteiger partial charge in [0.15, 0.2) is 0 Å². The number of nitrogens with zero attached hydrogens (tertiary/aromatic N) is 2. The summed E-state index contributed by atoms with van der Waals surface area (Å²) >= 11 is 1.52. The first-order valence-corrected chi connectivity index (χ1v) is 7.33. The zero-order valence-electron chi connectivity index (χ0n) is 11.8. The first kappa shape index (κ1) is 14.5. The molecule has 2 N–H and O–H groups in total. The van der Waals surface area contributed by atoms with Gasteiger partial charge in [-0.1, -0.05) is 0 Å². The van der Waals surface area contributed by atoms with Crippen LogP contribution in [-0.2, 0) is 5.54 Å². The number of amides is 1. The third kappa shape index (κ3) is 3.14. The zero-order chi connectivity index (χ0) is 14.6. The number of rotatable bonds is 5. The number of hydrogen-bond acceptors (Lipinski definition) is 5. The molecule has 0 saturated heterocycles. The third-order valence-corrected chi connectivity index (χ3v) is 3.92. The van der Waals surface area contributed by atoms with Crippen LogP contribution in [0.1, 0.15) is 36.1 Å². The summed E-state index contributed by atoms with van der Waals surface area (Å²) in [5.74, 6) is -0.158. The van der Waals surface area contributed by atoms with E-state index in [1.54, 1.807) is 24.7 Å². The van der Waals surface area contributed by atoms with E-state index in [1.165, 1.54) is 11.3 Å². The molecule has 0 atom stereocenters. The van der Waals surface area contributed by atoms with Crippen molar-refractivity contribution in [3.63, 3.8) is 0 Å². The van der Waals surface area contributed by atoms with E-state index in [9.17, 15) is 4.79 Å². The van der Waals surface area contributed by atoms with Crippen LogP contribution in [0.5, 0.6) is 0 Å². The molecule has 20 heavy (non-hydrogen) atoms. The van der Waals surface area contributed by atoms with E-state index < -0.39 is 5.54 Å². The summed E-state index contributed by atoms with van der Waals surface area (Å²) in [6.07, 6.45) is 4.98. The molecule has 1 amide bonds. The molecule has 0 spiro atoms. The maximum atomic E-state index is 12.4. The lowest BCUT2D eigenvalue weighted by Gasteiger charge is -2.24. The molecule has 0 unspecified atom stereocenters. The molecule has 0 saturated carbocycles. The van der Waals surface area contributed by atoms with Crippen LogP contribution in [0.4, 0.5) is 5.69 Å². The Bertz CT molecular complexity index is 581. The first-order valence-electron chi connectivity index (χ1n) is 6.45. The fraction of sp³-hybridized carbons (Fsp3) is 0.357. The van der Waals surface area contributed by atoms with E-state index in [-0.39, 0.29) is 5.91 Å². The van der Waals surface area contributed by atoms with Crippen LogP contribution in [-0.4, -0.2) is 22.4 Å². The first-order chi connectivity index (χ1) is 9.54. The van der Waals surface area contributed by atoms with E-state index >= 15 is 0 Å². The van der Waals surface area contributed by atoms with E-state index in [1.807, 2.05) is 26.2 Å². The molecule has 2 heterocycles. The molecular formula is C14H18N4OS. The molecule has 0 bridgehead atoms. The minimum absolute atomic E-state index is 0.158. The van der Waals surface area contributed by atoms with Crippen LogP contribution in [0.25, 0.3) is 0 Å². The van der Waals surface area contributed by atoms with Crippen molar-refractivity contribution in [2.75, 3.05) is 11.9 Å². The van der Waals surface area contributed by atoms with Gasteiger partial charge in [0.05, 0.1) is 16.8 Å². The van der Waals surface area contributed by atoms with Gasteiger partial charge in [-0.25, -0.2) is 4.98 Å². The quantitative estimate of drug-likeness (QED) is 0.888. The highest BCUT2D eigenvalue weighted by atomic mass is 32.1. The molecule has 0 fully saturated rings. The van der Waals surface area contributed by atoms with Gasteiger partial charge in [-0.05, 0) is 26.8 Å². The third-order valence-electron chi connectivity index (χ3n) is 2.83. The van der Waals surface area contributed by atoms with Crippen LogP contribution >= 0.6 is 11.3 Å². The number of nitrogens with one attached hydrogen (secondary N) is 2. The Morgan fingerprint density at radius 1 is 1.40 bits per heavy atom. The number of hydrogen-bond donors (Lipinski definition) is 2. The van der Waals surface area contributed by atoms with Crippen LogP contribution in [0.3, 0.4) is 0 Å². The van der Waals surface area contributed by atoms with Crippen molar-refractivity contribution in [1.82, 2.24) is 15.3 Å². The van der Waals surface area contributed by atoms with Crippen LogP contribution < -0.4 is 10.6 Å². The summed E-state index contributed by atoms with van der Waals surface area (Å²) in [6, 6.07) is 1.80. The smallest absolute Gasteiger partial charge is 0.255 e. The van der Waals surface area contributed by atoms with Gasteiger partial charge in [-0.15, -0.1) is 11.3 Å².